The van der Waals surface area contributed by atoms with Gasteiger partial charge in [-0.3, -0.25) is 9.80 Å². The molecule has 2 heterocycles. The van der Waals surface area contributed by atoms with Crippen molar-refractivity contribution in [2.24, 2.45) is 0 Å². The van der Waals surface area contributed by atoms with E-state index in [1.165, 1.54) is 5.69 Å². The van der Waals surface area contributed by atoms with E-state index in [0.29, 0.717) is 6.04 Å². The van der Waals surface area contributed by atoms with Crippen LogP contribution in [0.3, 0.4) is 0 Å². The predicted molar refractivity (Wildman–Crippen MR) is 88.2 cm³/mol. The minimum atomic E-state index is -0.270. The van der Waals surface area contributed by atoms with Gasteiger partial charge in [0.15, 0.2) is 0 Å². The number of benzene rings is 1. The van der Waals surface area contributed by atoms with E-state index in [4.69, 9.17) is 4.74 Å². The largest absolute Gasteiger partial charge is 0.390 e. The molecular weight excluding hydrogens is 278 g/mol. The second-order valence-electron chi connectivity index (χ2n) is 6.32. The number of hydrogen-bond acceptors (Lipinski definition) is 5. The van der Waals surface area contributed by atoms with Crippen LogP contribution in [-0.4, -0.2) is 79.5 Å². The molecule has 2 N–H and O–H groups in total. The van der Waals surface area contributed by atoms with Gasteiger partial charge in [-0.25, -0.2) is 0 Å². The molecule has 2 fully saturated rings. The summed E-state index contributed by atoms with van der Waals surface area (Å²) in [6.07, 6.45) is 0.868. The molecule has 0 bridgehead atoms. The number of aliphatic hydroxyl groups excluding tert-OH is 1. The van der Waals surface area contributed by atoms with E-state index in [9.17, 15) is 5.11 Å². The molecule has 5 nitrogen and oxygen atoms in total. The first-order chi connectivity index (χ1) is 10.8. The summed E-state index contributed by atoms with van der Waals surface area (Å²) in [6.45, 7) is 7.06. The van der Waals surface area contributed by atoms with Crippen LogP contribution in [-0.2, 0) is 4.74 Å². The quantitative estimate of drug-likeness (QED) is 0.816. The van der Waals surface area contributed by atoms with Crippen molar-refractivity contribution in [3.8, 4) is 0 Å². The van der Waals surface area contributed by atoms with Gasteiger partial charge in [-0.2, -0.15) is 0 Å². The lowest BCUT2D eigenvalue weighted by Gasteiger charge is -2.30. The number of morpholine rings is 1. The molecule has 1 aromatic rings. The number of anilines is 1. The van der Waals surface area contributed by atoms with Gasteiger partial charge in [0.1, 0.15) is 0 Å². The van der Waals surface area contributed by atoms with Crippen LogP contribution in [0.4, 0.5) is 5.69 Å². The highest BCUT2D eigenvalue weighted by atomic mass is 16.5. The average molecular weight is 305 g/mol. The molecule has 2 aliphatic heterocycles. The molecule has 2 atom stereocenters. The van der Waals surface area contributed by atoms with Gasteiger partial charge in [0, 0.05) is 51.0 Å². The van der Waals surface area contributed by atoms with E-state index in [2.05, 4.69) is 39.4 Å². The third kappa shape index (κ3) is 4.68. The topological polar surface area (TPSA) is 48.0 Å². The number of rotatable bonds is 6. The molecular formula is C17H27N3O2. The fourth-order valence-corrected chi connectivity index (χ4v) is 3.32. The Kier molecular flexibility index (Phi) is 5.67. The molecule has 0 aromatic heterocycles. The number of aliphatic hydroxyl groups is 1. The Morgan fingerprint density at radius 2 is 1.82 bits per heavy atom. The van der Waals surface area contributed by atoms with Gasteiger partial charge in [0.2, 0.25) is 0 Å². The van der Waals surface area contributed by atoms with Crippen LogP contribution in [0.5, 0.6) is 0 Å². The fourth-order valence-electron chi connectivity index (χ4n) is 3.32. The summed E-state index contributed by atoms with van der Waals surface area (Å²) in [5.41, 5.74) is 1.18. The second kappa shape index (κ2) is 7.92. The van der Waals surface area contributed by atoms with Crippen molar-refractivity contribution < 1.29 is 9.84 Å². The summed E-state index contributed by atoms with van der Waals surface area (Å²) in [5, 5.41) is 13.9. The Labute approximate surface area is 132 Å². The summed E-state index contributed by atoms with van der Waals surface area (Å²) in [4.78, 5) is 4.66. The van der Waals surface area contributed by atoms with Crippen LogP contribution in [0.2, 0.25) is 0 Å². The van der Waals surface area contributed by atoms with Crippen molar-refractivity contribution >= 4 is 5.69 Å². The summed E-state index contributed by atoms with van der Waals surface area (Å²) in [7, 11) is 0. The highest BCUT2D eigenvalue weighted by Gasteiger charge is 2.25. The molecule has 0 spiro atoms. The Balaban J connectivity index is 1.38. The number of nitrogens with zero attached hydrogens (tertiary/aromatic N) is 2. The summed E-state index contributed by atoms with van der Waals surface area (Å²) >= 11 is 0. The first kappa shape index (κ1) is 15.7. The molecule has 0 saturated carbocycles. The number of β-amino-alcohol motifs (C(OH)–C–C–N with tert-alkyl or cyclic N) is 1. The molecule has 0 amide bonds. The minimum absolute atomic E-state index is 0.270. The van der Waals surface area contributed by atoms with Gasteiger partial charge >= 0.3 is 0 Å². The van der Waals surface area contributed by atoms with Crippen molar-refractivity contribution in [2.45, 2.75) is 18.6 Å². The molecule has 22 heavy (non-hydrogen) atoms. The zero-order valence-electron chi connectivity index (χ0n) is 13.2. The average Bonchev–Trinajstić information content (AvgIpc) is 2.96. The highest BCUT2D eigenvalue weighted by Crippen LogP contribution is 2.16. The smallest absolute Gasteiger partial charge is 0.0793 e. The standard InChI is InChI=1S/C17H27N3O2/c21-17(13-19-8-10-22-11-9-19)14-20-7-6-16(12-20)18-15-4-2-1-3-5-15/h1-5,16-18,21H,6-14H2. The monoisotopic (exact) mass is 305 g/mol. The van der Waals surface area contributed by atoms with Gasteiger partial charge in [0.25, 0.3) is 0 Å². The Bertz CT molecular complexity index is 437. The SMILES string of the molecule is OC(CN1CCOCC1)CN1CCC(Nc2ccccc2)C1. The van der Waals surface area contributed by atoms with Crippen molar-refractivity contribution in [1.29, 1.82) is 0 Å². The van der Waals surface area contributed by atoms with Crippen LogP contribution in [0.15, 0.2) is 30.3 Å². The fraction of sp³-hybridized carbons (Fsp3) is 0.647. The zero-order chi connectivity index (χ0) is 15.2. The molecule has 0 radical (unpaired) electrons. The van der Waals surface area contributed by atoms with Gasteiger partial charge < -0.3 is 15.2 Å². The lowest BCUT2D eigenvalue weighted by Crippen LogP contribution is -2.44. The summed E-state index contributed by atoms with van der Waals surface area (Å²) in [5.74, 6) is 0. The van der Waals surface area contributed by atoms with Crippen molar-refractivity contribution in [1.82, 2.24) is 9.80 Å². The third-order valence-electron chi connectivity index (χ3n) is 4.46. The van der Waals surface area contributed by atoms with Crippen LogP contribution in [0, 0.1) is 0 Å². The van der Waals surface area contributed by atoms with Gasteiger partial charge in [-0.1, -0.05) is 18.2 Å². The maximum Gasteiger partial charge on any atom is 0.0793 e. The molecule has 122 valence electrons. The molecule has 1 aromatic carbocycles. The van der Waals surface area contributed by atoms with E-state index in [0.717, 1.165) is 58.9 Å². The molecule has 2 aliphatic rings. The summed E-state index contributed by atoms with van der Waals surface area (Å²) < 4.78 is 5.34. The lowest BCUT2D eigenvalue weighted by atomic mass is 10.2. The normalized spacial score (nSPS) is 25.2. The highest BCUT2D eigenvalue weighted by molar-refractivity contribution is 5.43. The molecule has 3 rings (SSSR count). The maximum atomic E-state index is 10.3. The molecule has 2 saturated heterocycles. The molecule has 2 unspecified atom stereocenters. The minimum Gasteiger partial charge on any atom is -0.390 e. The molecule has 5 heteroatoms. The van der Waals surface area contributed by atoms with E-state index >= 15 is 0 Å². The Hall–Kier alpha value is -1.14. The molecule has 0 aliphatic carbocycles. The van der Waals surface area contributed by atoms with Crippen LogP contribution in [0.25, 0.3) is 0 Å². The van der Waals surface area contributed by atoms with Crippen LogP contribution < -0.4 is 5.32 Å². The third-order valence-corrected chi connectivity index (χ3v) is 4.46. The van der Waals surface area contributed by atoms with E-state index in [1.54, 1.807) is 0 Å². The van der Waals surface area contributed by atoms with E-state index in [-0.39, 0.29) is 6.10 Å². The first-order valence-electron chi connectivity index (χ1n) is 8.32. The Morgan fingerprint density at radius 1 is 1.09 bits per heavy atom. The zero-order valence-corrected chi connectivity index (χ0v) is 13.2. The van der Waals surface area contributed by atoms with E-state index < -0.39 is 0 Å². The van der Waals surface area contributed by atoms with Crippen molar-refractivity contribution in [3.05, 3.63) is 30.3 Å². The van der Waals surface area contributed by atoms with Gasteiger partial charge in [-0.05, 0) is 18.6 Å². The number of hydrogen-bond donors (Lipinski definition) is 2. The second-order valence-corrected chi connectivity index (χ2v) is 6.32. The number of para-hydroxylation sites is 1. The van der Waals surface area contributed by atoms with Crippen LogP contribution in [0.1, 0.15) is 6.42 Å². The van der Waals surface area contributed by atoms with Crippen molar-refractivity contribution in [2.75, 3.05) is 57.8 Å². The van der Waals surface area contributed by atoms with Gasteiger partial charge in [-0.15, -0.1) is 0 Å². The lowest BCUT2D eigenvalue weighted by molar-refractivity contribution is 0.00852. The first-order valence-corrected chi connectivity index (χ1v) is 8.32. The Morgan fingerprint density at radius 3 is 2.59 bits per heavy atom. The number of likely N-dealkylation sites (tertiary alicyclic amines) is 1. The summed E-state index contributed by atoms with van der Waals surface area (Å²) in [6, 6.07) is 10.8. The maximum absolute atomic E-state index is 10.3. The number of nitrogens with one attached hydrogen (secondary N) is 1. The van der Waals surface area contributed by atoms with Gasteiger partial charge in [0.05, 0.1) is 19.3 Å². The van der Waals surface area contributed by atoms with Crippen LogP contribution >= 0.6 is 0 Å². The predicted octanol–water partition coefficient (Wildman–Crippen LogP) is 0.866. The van der Waals surface area contributed by atoms with Crippen molar-refractivity contribution in [3.63, 3.8) is 0 Å². The number of ether oxygens (including phenoxy) is 1. The van der Waals surface area contributed by atoms with E-state index in [1.807, 2.05) is 6.07 Å².